The lowest BCUT2D eigenvalue weighted by Crippen LogP contribution is -2.21. The molecule has 26 heavy (non-hydrogen) atoms. The third kappa shape index (κ3) is 4.07. The molecule has 132 valence electrons. The second-order valence-corrected chi connectivity index (χ2v) is 6.34. The van der Waals surface area contributed by atoms with Crippen LogP contribution in [0, 0.1) is 0 Å². The van der Waals surface area contributed by atoms with Gasteiger partial charge in [0.2, 0.25) is 0 Å². The van der Waals surface area contributed by atoms with Crippen molar-refractivity contribution < 1.29 is 19.4 Å². The number of hydrogen-bond donors (Lipinski definition) is 2. The molecule has 3 aromatic carbocycles. The highest BCUT2D eigenvalue weighted by Gasteiger charge is 2.16. The van der Waals surface area contributed by atoms with Gasteiger partial charge in [0, 0.05) is 21.1 Å². The largest absolute Gasteiger partial charge is 0.506 e. The minimum Gasteiger partial charge on any atom is -0.506 e. The molecule has 2 N–H and O–H groups in total. The zero-order valence-electron chi connectivity index (χ0n) is 13.3. The van der Waals surface area contributed by atoms with Crippen LogP contribution in [0.15, 0.2) is 54.6 Å². The highest BCUT2D eigenvalue weighted by molar-refractivity contribution is 6.35. The Bertz CT molecular complexity index is 984. The van der Waals surface area contributed by atoms with Crippen molar-refractivity contribution in [3.8, 4) is 5.75 Å². The summed E-state index contributed by atoms with van der Waals surface area (Å²) in [5, 5.41) is 14.8. The van der Waals surface area contributed by atoms with Crippen LogP contribution in [0.4, 0.5) is 5.69 Å². The predicted molar refractivity (Wildman–Crippen MR) is 101 cm³/mol. The molecular weight excluding hydrogens is 377 g/mol. The van der Waals surface area contributed by atoms with Crippen molar-refractivity contribution in [2.45, 2.75) is 0 Å². The van der Waals surface area contributed by atoms with Gasteiger partial charge in [-0.2, -0.15) is 0 Å². The Morgan fingerprint density at radius 1 is 1.00 bits per heavy atom. The second kappa shape index (κ2) is 7.64. The van der Waals surface area contributed by atoms with Crippen LogP contribution >= 0.6 is 23.2 Å². The summed E-state index contributed by atoms with van der Waals surface area (Å²) in [4.78, 5) is 24.1. The first kappa shape index (κ1) is 18.0. The van der Waals surface area contributed by atoms with E-state index in [0.717, 1.165) is 5.39 Å². The molecule has 0 fully saturated rings. The number of phenols is 1. The molecule has 0 heterocycles. The molecule has 0 unspecified atom stereocenters. The van der Waals surface area contributed by atoms with Gasteiger partial charge in [0.05, 0.1) is 0 Å². The molecule has 1 amide bonds. The van der Waals surface area contributed by atoms with E-state index in [1.54, 1.807) is 18.2 Å². The molecule has 0 aliphatic heterocycles. The van der Waals surface area contributed by atoms with Gasteiger partial charge in [-0.05, 0) is 29.7 Å². The number of fused-ring (bicyclic) bond motifs is 1. The predicted octanol–water partition coefficient (Wildman–Crippen LogP) is 4.65. The van der Waals surface area contributed by atoms with E-state index in [2.05, 4.69) is 5.32 Å². The van der Waals surface area contributed by atoms with Gasteiger partial charge >= 0.3 is 5.97 Å². The third-order valence-corrected chi connectivity index (χ3v) is 4.04. The summed E-state index contributed by atoms with van der Waals surface area (Å²) in [6.45, 7) is -0.519. The number of amides is 1. The first-order valence-electron chi connectivity index (χ1n) is 7.58. The van der Waals surface area contributed by atoms with E-state index in [4.69, 9.17) is 27.9 Å². The number of halogens is 2. The third-order valence-electron chi connectivity index (χ3n) is 3.60. The molecule has 0 saturated carbocycles. The molecule has 0 aromatic heterocycles. The Labute approximate surface area is 159 Å². The van der Waals surface area contributed by atoms with Gasteiger partial charge in [-0.3, -0.25) is 4.79 Å². The average molecular weight is 390 g/mol. The number of anilines is 1. The van der Waals surface area contributed by atoms with E-state index < -0.39 is 18.5 Å². The maximum absolute atomic E-state index is 12.2. The zero-order chi connectivity index (χ0) is 18.7. The van der Waals surface area contributed by atoms with Crippen LogP contribution in [-0.4, -0.2) is 23.6 Å². The summed E-state index contributed by atoms with van der Waals surface area (Å²) in [5.41, 5.74) is 0.374. The number of benzene rings is 3. The second-order valence-electron chi connectivity index (χ2n) is 5.47. The molecule has 0 aliphatic carbocycles. The zero-order valence-corrected chi connectivity index (χ0v) is 14.8. The van der Waals surface area contributed by atoms with Crippen molar-refractivity contribution in [2.75, 3.05) is 11.9 Å². The first-order valence-corrected chi connectivity index (χ1v) is 8.33. The SMILES string of the molecule is O=C(COC(=O)c1ccc2ccccc2c1O)Nc1cc(Cl)cc(Cl)c1. The summed E-state index contributed by atoms with van der Waals surface area (Å²) in [5.74, 6) is -1.54. The van der Waals surface area contributed by atoms with Crippen LogP contribution in [0.2, 0.25) is 10.0 Å². The minimum atomic E-state index is -0.799. The number of ether oxygens (including phenoxy) is 1. The molecule has 5 nitrogen and oxygen atoms in total. The summed E-state index contributed by atoms with van der Waals surface area (Å²) < 4.78 is 4.98. The summed E-state index contributed by atoms with van der Waals surface area (Å²) >= 11 is 11.7. The number of hydrogen-bond acceptors (Lipinski definition) is 4. The van der Waals surface area contributed by atoms with Crippen LogP contribution in [0.25, 0.3) is 10.8 Å². The smallest absolute Gasteiger partial charge is 0.342 e. The van der Waals surface area contributed by atoms with E-state index in [9.17, 15) is 14.7 Å². The molecule has 3 rings (SSSR count). The number of phenolic OH excluding ortho intramolecular Hbond substituents is 1. The molecule has 0 radical (unpaired) electrons. The number of nitrogens with one attached hydrogen (secondary N) is 1. The van der Waals surface area contributed by atoms with Gasteiger partial charge in [-0.15, -0.1) is 0 Å². The Kier molecular flexibility index (Phi) is 5.30. The van der Waals surface area contributed by atoms with Gasteiger partial charge in [0.15, 0.2) is 6.61 Å². The van der Waals surface area contributed by atoms with Crippen LogP contribution < -0.4 is 5.32 Å². The fourth-order valence-corrected chi connectivity index (χ4v) is 2.98. The first-order chi connectivity index (χ1) is 12.4. The fraction of sp³-hybridized carbons (Fsp3) is 0.0526. The van der Waals surface area contributed by atoms with Gasteiger partial charge in [0.25, 0.3) is 5.91 Å². The molecule has 0 bridgehead atoms. The van der Waals surface area contributed by atoms with Crippen molar-refractivity contribution in [2.24, 2.45) is 0 Å². The quantitative estimate of drug-likeness (QED) is 0.636. The summed E-state index contributed by atoms with van der Waals surface area (Å²) in [6.07, 6.45) is 0. The maximum atomic E-state index is 12.2. The van der Waals surface area contributed by atoms with Gasteiger partial charge in [-0.1, -0.05) is 53.5 Å². The Balaban J connectivity index is 1.67. The number of carbonyl (C=O) groups is 2. The van der Waals surface area contributed by atoms with Crippen molar-refractivity contribution in [1.29, 1.82) is 0 Å². The molecule has 0 spiro atoms. The summed E-state index contributed by atoms with van der Waals surface area (Å²) in [6, 6.07) is 14.8. The number of rotatable bonds is 4. The monoisotopic (exact) mass is 389 g/mol. The highest BCUT2D eigenvalue weighted by atomic mass is 35.5. The standard InChI is InChI=1S/C19H13Cl2NO4/c20-12-7-13(21)9-14(8-12)22-17(23)10-26-19(25)16-6-5-11-3-1-2-4-15(11)18(16)24/h1-9,24H,10H2,(H,22,23). The maximum Gasteiger partial charge on any atom is 0.342 e. The van der Waals surface area contributed by atoms with Crippen molar-refractivity contribution in [3.05, 3.63) is 70.2 Å². The Morgan fingerprint density at radius 3 is 2.42 bits per heavy atom. The Hall–Kier alpha value is -2.76. The van der Waals surface area contributed by atoms with Crippen molar-refractivity contribution >= 4 is 51.5 Å². The van der Waals surface area contributed by atoms with E-state index in [1.165, 1.54) is 24.3 Å². The molecule has 7 heteroatoms. The van der Waals surface area contributed by atoms with Gasteiger partial charge < -0.3 is 15.2 Å². The van der Waals surface area contributed by atoms with E-state index >= 15 is 0 Å². The van der Waals surface area contributed by atoms with E-state index in [0.29, 0.717) is 21.1 Å². The van der Waals surface area contributed by atoms with E-state index in [1.807, 2.05) is 12.1 Å². The summed E-state index contributed by atoms with van der Waals surface area (Å²) in [7, 11) is 0. The Morgan fingerprint density at radius 2 is 1.69 bits per heavy atom. The number of carbonyl (C=O) groups excluding carboxylic acids is 2. The highest BCUT2D eigenvalue weighted by Crippen LogP contribution is 2.29. The molecule has 3 aromatic rings. The van der Waals surface area contributed by atoms with Crippen LogP contribution in [0.3, 0.4) is 0 Å². The van der Waals surface area contributed by atoms with Gasteiger partial charge in [-0.25, -0.2) is 4.79 Å². The van der Waals surface area contributed by atoms with Gasteiger partial charge in [0.1, 0.15) is 11.3 Å². The fourth-order valence-electron chi connectivity index (χ4n) is 2.45. The van der Waals surface area contributed by atoms with Crippen LogP contribution in [-0.2, 0) is 9.53 Å². The molecular formula is C19H13Cl2NO4. The number of esters is 1. The lowest BCUT2D eigenvalue weighted by atomic mass is 10.1. The van der Waals surface area contributed by atoms with Crippen LogP contribution in [0.1, 0.15) is 10.4 Å². The molecule has 0 saturated heterocycles. The normalized spacial score (nSPS) is 10.5. The van der Waals surface area contributed by atoms with Crippen molar-refractivity contribution in [1.82, 2.24) is 0 Å². The lowest BCUT2D eigenvalue weighted by molar-refractivity contribution is -0.119. The molecule has 0 atom stereocenters. The lowest BCUT2D eigenvalue weighted by Gasteiger charge is -2.09. The minimum absolute atomic E-state index is 0.0118. The topological polar surface area (TPSA) is 75.6 Å². The van der Waals surface area contributed by atoms with Crippen molar-refractivity contribution in [3.63, 3.8) is 0 Å². The molecule has 0 aliphatic rings. The average Bonchev–Trinajstić information content (AvgIpc) is 2.59. The van der Waals surface area contributed by atoms with E-state index in [-0.39, 0.29) is 11.3 Å². The van der Waals surface area contributed by atoms with Crippen LogP contribution in [0.5, 0.6) is 5.75 Å². The number of aromatic hydroxyl groups is 1.